The van der Waals surface area contributed by atoms with Gasteiger partial charge in [0.05, 0.1) is 0 Å². The summed E-state index contributed by atoms with van der Waals surface area (Å²) in [6.45, 7) is 6.89. The molecule has 2 atom stereocenters. The highest BCUT2D eigenvalue weighted by Gasteiger charge is 2.22. The Balaban J connectivity index is 2.40. The largest absolute Gasteiger partial charge is 0.0648 e. The molecule has 0 bridgehead atoms. The Morgan fingerprint density at radius 1 is 1.36 bits per heavy atom. The van der Waals surface area contributed by atoms with Gasteiger partial charge >= 0.3 is 0 Å². The fraction of sp³-hybridized carbons (Fsp3) is 0.571. The minimum Gasteiger partial charge on any atom is -0.0648 e. The van der Waals surface area contributed by atoms with E-state index in [-0.39, 0.29) is 0 Å². The molecule has 0 saturated carbocycles. The van der Waals surface area contributed by atoms with Gasteiger partial charge in [-0.15, -0.1) is 0 Å². The molecule has 0 radical (unpaired) electrons. The number of aryl methyl sites for hydroxylation is 1. The van der Waals surface area contributed by atoms with Crippen LogP contribution in [0.15, 0.2) is 18.2 Å². The van der Waals surface area contributed by atoms with Crippen LogP contribution in [0, 0.1) is 12.8 Å². The lowest BCUT2D eigenvalue weighted by Crippen LogP contribution is -2.16. The van der Waals surface area contributed by atoms with Crippen LogP contribution in [0.3, 0.4) is 0 Å². The van der Waals surface area contributed by atoms with Crippen LogP contribution in [0.2, 0.25) is 0 Å². The van der Waals surface area contributed by atoms with E-state index in [9.17, 15) is 0 Å². The first-order valence-corrected chi connectivity index (χ1v) is 5.80. The monoisotopic (exact) mass is 188 g/mol. The van der Waals surface area contributed by atoms with Gasteiger partial charge in [-0.3, -0.25) is 0 Å². The molecule has 0 heterocycles. The van der Waals surface area contributed by atoms with Crippen LogP contribution < -0.4 is 0 Å². The molecule has 0 saturated heterocycles. The SMILES string of the molecule is CCC1CC(C)Cc2cc(C)ccc21. The predicted octanol–water partition coefficient (Wildman–Crippen LogP) is 4.07. The van der Waals surface area contributed by atoms with Gasteiger partial charge in [-0.05, 0) is 49.1 Å². The second-order valence-electron chi connectivity index (χ2n) is 4.85. The maximum absolute atomic E-state index is 2.38. The highest BCUT2D eigenvalue weighted by molar-refractivity contribution is 5.36. The topological polar surface area (TPSA) is 0 Å². The molecule has 76 valence electrons. The molecule has 0 aromatic heterocycles. The fourth-order valence-corrected chi connectivity index (χ4v) is 2.77. The third kappa shape index (κ3) is 1.70. The number of hydrogen-bond donors (Lipinski definition) is 0. The van der Waals surface area contributed by atoms with Crippen LogP contribution in [0.1, 0.15) is 49.3 Å². The minimum atomic E-state index is 0.814. The third-order valence-electron chi connectivity index (χ3n) is 3.49. The van der Waals surface area contributed by atoms with Gasteiger partial charge in [0.25, 0.3) is 0 Å². The quantitative estimate of drug-likeness (QED) is 0.623. The van der Waals surface area contributed by atoms with Crippen molar-refractivity contribution in [2.24, 2.45) is 5.92 Å². The Hall–Kier alpha value is -0.780. The molecule has 1 aliphatic rings. The Bertz CT molecular complexity index is 325. The van der Waals surface area contributed by atoms with Crippen LogP contribution >= 0.6 is 0 Å². The summed E-state index contributed by atoms with van der Waals surface area (Å²) in [5.74, 6) is 1.68. The Labute approximate surface area is 87.3 Å². The molecule has 0 N–H and O–H groups in total. The first kappa shape index (κ1) is 9.76. The van der Waals surface area contributed by atoms with Crippen LogP contribution in [-0.2, 0) is 6.42 Å². The van der Waals surface area contributed by atoms with Crippen molar-refractivity contribution < 1.29 is 0 Å². The second kappa shape index (κ2) is 3.76. The smallest absolute Gasteiger partial charge is 0.0159 e. The maximum Gasteiger partial charge on any atom is -0.0159 e. The average molecular weight is 188 g/mol. The molecule has 0 amide bonds. The molecule has 0 heteroatoms. The minimum absolute atomic E-state index is 0.814. The van der Waals surface area contributed by atoms with E-state index < -0.39 is 0 Å². The zero-order chi connectivity index (χ0) is 10.1. The summed E-state index contributed by atoms with van der Waals surface area (Å²) < 4.78 is 0. The Morgan fingerprint density at radius 2 is 2.14 bits per heavy atom. The summed E-state index contributed by atoms with van der Waals surface area (Å²) >= 11 is 0. The van der Waals surface area contributed by atoms with Gasteiger partial charge in [0.15, 0.2) is 0 Å². The molecule has 1 aromatic carbocycles. The van der Waals surface area contributed by atoms with Gasteiger partial charge in [0.2, 0.25) is 0 Å². The molecule has 2 unspecified atom stereocenters. The number of rotatable bonds is 1. The Morgan fingerprint density at radius 3 is 2.86 bits per heavy atom. The first-order valence-electron chi connectivity index (χ1n) is 5.80. The summed E-state index contributed by atoms with van der Waals surface area (Å²) in [4.78, 5) is 0. The van der Waals surface area contributed by atoms with Gasteiger partial charge in [0.1, 0.15) is 0 Å². The van der Waals surface area contributed by atoms with Gasteiger partial charge < -0.3 is 0 Å². The highest BCUT2D eigenvalue weighted by atomic mass is 14.3. The predicted molar refractivity (Wildman–Crippen MR) is 61.7 cm³/mol. The van der Waals surface area contributed by atoms with Crippen molar-refractivity contribution in [3.05, 3.63) is 34.9 Å². The van der Waals surface area contributed by atoms with Crippen molar-refractivity contribution in [3.63, 3.8) is 0 Å². The van der Waals surface area contributed by atoms with Crippen LogP contribution in [-0.4, -0.2) is 0 Å². The number of fused-ring (bicyclic) bond motifs is 1. The number of hydrogen-bond acceptors (Lipinski definition) is 0. The Kier molecular flexibility index (Phi) is 2.62. The third-order valence-corrected chi connectivity index (χ3v) is 3.49. The summed E-state index contributed by atoms with van der Waals surface area (Å²) in [5, 5.41) is 0. The van der Waals surface area contributed by atoms with E-state index in [1.807, 2.05) is 0 Å². The zero-order valence-electron chi connectivity index (χ0n) is 9.51. The van der Waals surface area contributed by atoms with Crippen molar-refractivity contribution >= 4 is 0 Å². The van der Waals surface area contributed by atoms with Crippen LogP contribution in [0.4, 0.5) is 0 Å². The standard InChI is InChI=1S/C14H20/c1-4-12-8-11(3)9-13-7-10(2)5-6-14(12)13/h5-7,11-12H,4,8-9H2,1-3H3. The normalized spacial score (nSPS) is 25.9. The van der Waals surface area contributed by atoms with Crippen molar-refractivity contribution in [3.8, 4) is 0 Å². The molecule has 0 spiro atoms. The molecule has 1 aliphatic carbocycles. The van der Waals surface area contributed by atoms with E-state index in [2.05, 4.69) is 39.0 Å². The average Bonchev–Trinajstić information content (AvgIpc) is 2.15. The first-order chi connectivity index (χ1) is 6.70. The maximum atomic E-state index is 2.38. The zero-order valence-corrected chi connectivity index (χ0v) is 9.51. The summed E-state index contributed by atoms with van der Waals surface area (Å²) in [6, 6.07) is 7.00. The molecule has 0 nitrogen and oxygen atoms in total. The summed E-state index contributed by atoms with van der Waals surface area (Å²) in [6.07, 6.45) is 3.96. The second-order valence-corrected chi connectivity index (χ2v) is 4.85. The van der Waals surface area contributed by atoms with E-state index in [0.717, 1.165) is 11.8 Å². The van der Waals surface area contributed by atoms with E-state index in [4.69, 9.17) is 0 Å². The number of benzene rings is 1. The lowest BCUT2D eigenvalue weighted by molar-refractivity contribution is 0.424. The summed E-state index contributed by atoms with van der Waals surface area (Å²) in [5.41, 5.74) is 4.64. The van der Waals surface area contributed by atoms with E-state index in [1.54, 1.807) is 11.1 Å². The van der Waals surface area contributed by atoms with Gasteiger partial charge in [-0.25, -0.2) is 0 Å². The van der Waals surface area contributed by atoms with Gasteiger partial charge in [0, 0.05) is 0 Å². The van der Waals surface area contributed by atoms with Crippen LogP contribution in [0.25, 0.3) is 0 Å². The molecular formula is C14H20. The molecule has 0 aliphatic heterocycles. The molecule has 2 rings (SSSR count). The van der Waals surface area contributed by atoms with E-state index >= 15 is 0 Å². The highest BCUT2D eigenvalue weighted by Crippen LogP contribution is 2.36. The molecular weight excluding hydrogens is 168 g/mol. The lowest BCUT2D eigenvalue weighted by Gasteiger charge is -2.29. The lowest BCUT2D eigenvalue weighted by atomic mass is 9.76. The fourth-order valence-electron chi connectivity index (χ4n) is 2.77. The van der Waals surface area contributed by atoms with E-state index in [1.165, 1.54) is 24.8 Å². The van der Waals surface area contributed by atoms with E-state index in [0.29, 0.717) is 0 Å². The van der Waals surface area contributed by atoms with Crippen molar-refractivity contribution in [2.45, 2.75) is 46.0 Å². The van der Waals surface area contributed by atoms with Gasteiger partial charge in [-0.1, -0.05) is 37.6 Å². The van der Waals surface area contributed by atoms with Crippen molar-refractivity contribution in [1.29, 1.82) is 0 Å². The van der Waals surface area contributed by atoms with Crippen LogP contribution in [0.5, 0.6) is 0 Å². The van der Waals surface area contributed by atoms with Crippen molar-refractivity contribution in [1.82, 2.24) is 0 Å². The molecule has 1 aromatic rings. The van der Waals surface area contributed by atoms with Gasteiger partial charge in [-0.2, -0.15) is 0 Å². The molecule has 14 heavy (non-hydrogen) atoms. The molecule has 0 fully saturated rings. The summed E-state index contributed by atoms with van der Waals surface area (Å²) in [7, 11) is 0. The van der Waals surface area contributed by atoms with Crippen molar-refractivity contribution in [2.75, 3.05) is 0 Å².